The first-order valence-electron chi connectivity index (χ1n) is 7.99. The molecule has 2 aromatic rings. The molecule has 1 aromatic carbocycles. The third-order valence-corrected chi connectivity index (χ3v) is 5.02. The van der Waals surface area contributed by atoms with Gasteiger partial charge in [0, 0.05) is 41.9 Å². The monoisotopic (exact) mass is 394 g/mol. The second kappa shape index (κ2) is 7.17. The fourth-order valence-corrected chi connectivity index (χ4v) is 3.48. The van der Waals surface area contributed by atoms with Gasteiger partial charge in [-0.05, 0) is 40.9 Å². The van der Waals surface area contributed by atoms with Crippen molar-refractivity contribution in [3.63, 3.8) is 0 Å². The van der Waals surface area contributed by atoms with Gasteiger partial charge in [-0.25, -0.2) is 4.39 Å². The fraction of sp³-hybridized carbons (Fsp3) is 0.389. The highest BCUT2D eigenvalue weighted by molar-refractivity contribution is 9.10. The summed E-state index contributed by atoms with van der Waals surface area (Å²) in [6, 6.07) is 9.95. The molecule has 0 atom stereocenters. The molecule has 1 N–H and O–H groups in total. The normalized spacial score (nSPS) is 17.8. The molecule has 6 heteroatoms. The second-order valence-corrected chi connectivity index (χ2v) is 7.32. The van der Waals surface area contributed by atoms with Crippen molar-refractivity contribution < 1.29 is 9.50 Å². The van der Waals surface area contributed by atoms with Crippen molar-refractivity contribution in [2.75, 3.05) is 13.1 Å². The Morgan fingerprint density at radius 2 is 1.88 bits per heavy atom. The van der Waals surface area contributed by atoms with Gasteiger partial charge in [0.15, 0.2) is 0 Å². The third-order valence-electron chi connectivity index (χ3n) is 4.55. The molecular formula is C18H20BrFN2O2. The van der Waals surface area contributed by atoms with Crippen molar-refractivity contribution in [2.24, 2.45) is 0 Å². The van der Waals surface area contributed by atoms with E-state index in [1.165, 1.54) is 16.7 Å². The molecule has 1 aromatic heterocycles. The van der Waals surface area contributed by atoms with Crippen molar-refractivity contribution in [3.8, 4) is 0 Å². The molecule has 128 valence electrons. The minimum Gasteiger partial charge on any atom is -0.388 e. The standard InChI is InChI=1S/C18H20BrFN2O2/c19-15-5-6-17(23)22(12-15)13-18(24)7-9-21(10-8-18)11-14-3-1-2-4-16(14)20/h1-6,12,24H,7-11,13H2. The Morgan fingerprint density at radius 1 is 1.17 bits per heavy atom. The number of pyridine rings is 1. The summed E-state index contributed by atoms with van der Waals surface area (Å²) in [5.41, 5.74) is -0.359. The average Bonchev–Trinajstić information content (AvgIpc) is 2.55. The number of aliphatic hydroxyl groups is 1. The summed E-state index contributed by atoms with van der Waals surface area (Å²) < 4.78 is 16.1. The highest BCUT2D eigenvalue weighted by atomic mass is 79.9. The summed E-state index contributed by atoms with van der Waals surface area (Å²) in [5.74, 6) is -0.195. The van der Waals surface area contributed by atoms with Crippen LogP contribution >= 0.6 is 15.9 Å². The summed E-state index contributed by atoms with van der Waals surface area (Å²) in [6.07, 6.45) is 2.81. The summed E-state index contributed by atoms with van der Waals surface area (Å²) in [5, 5.41) is 10.8. The van der Waals surface area contributed by atoms with Crippen molar-refractivity contribution in [3.05, 3.63) is 68.8 Å². The molecule has 0 bridgehead atoms. The molecule has 4 nitrogen and oxygen atoms in total. The van der Waals surface area contributed by atoms with E-state index in [2.05, 4.69) is 20.8 Å². The number of rotatable bonds is 4. The van der Waals surface area contributed by atoms with E-state index in [-0.39, 0.29) is 17.9 Å². The third kappa shape index (κ3) is 4.12. The molecule has 1 saturated heterocycles. The van der Waals surface area contributed by atoms with Gasteiger partial charge in [0.2, 0.25) is 0 Å². The molecule has 1 aliphatic heterocycles. The van der Waals surface area contributed by atoms with Crippen LogP contribution < -0.4 is 5.56 Å². The van der Waals surface area contributed by atoms with Gasteiger partial charge in [-0.2, -0.15) is 0 Å². The Hall–Kier alpha value is -1.50. The van der Waals surface area contributed by atoms with Crippen LogP contribution in [0.2, 0.25) is 0 Å². The lowest BCUT2D eigenvalue weighted by atomic mass is 9.91. The SMILES string of the molecule is O=c1ccc(Br)cn1CC1(O)CCN(Cc2ccccc2F)CC1. The maximum atomic E-state index is 13.7. The van der Waals surface area contributed by atoms with Crippen molar-refractivity contribution in [1.82, 2.24) is 9.47 Å². The lowest BCUT2D eigenvalue weighted by Gasteiger charge is -2.38. The molecule has 1 aliphatic rings. The number of hydrogen-bond donors (Lipinski definition) is 1. The van der Waals surface area contributed by atoms with Crippen LogP contribution in [-0.2, 0) is 13.1 Å². The van der Waals surface area contributed by atoms with Gasteiger partial charge in [-0.3, -0.25) is 9.69 Å². The quantitative estimate of drug-likeness (QED) is 0.866. The Labute approximate surface area is 148 Å². The maximum Gasteiger partial charge on any atom is 0.250 e. The number of hydrogen-bond acceptors (Lipinski definition) is 3. The first-order chi connectivity index (χ1) is 11.5. The van der Waals surface area contributed by atoms with Crippen molar-refractivity contribution >= 4 is 15.9 Å². The summed E-state index contributed by atoms with van der Waals surface area (Å²) >= 11 is 3.35. The minimum atomic E-state index is -0.906. The smallest absolute Gasteiger partial charge is 0.250 e. The van der Waals surface area contributed by atoms with Crippen LogP contribution in [0, 0.1) is 5.82 Å². The van der Waals surface area contributed by atoms with Crippen molar-refractivity contribution in [2.45, 2.75) is 31.5 Å². The van der Waals surface area contributed by atoms with Gasteiger partial charge in [-0.15, -0.1) is 0 Å². The minimum absolute atomic E-state index is 0.125. The van der Waals surface area contributed by atoms with E-state index < -0.39 is 5.60 Å². The second-order valence-electron chi connectivity index (χ2n) is 6.41. The number of aromatic nitrogens is 1. The van der Waals surface area contributed by atoms with Crippen LogP contribution in [0.4, 0.5) is 4.39 Å². The Balaban J connectivity index is 1.62. The van der Waals surface area contributed by atoms with Gasteiger partial charge in [0.25, 0.3) is 5.56 Å². The molecule has 2 heterocycles. The largest absolute Gasteiger partial charge is 0.388 e. The molecule has 0 unspecified atom stereocenters. The summed E-state index contributed by atoms with van der Waals surface area (Å²) in [7, 11) is 0. The van der Waals surface area contributed by atoms with Gasteiger partial charge < -0.3 is 9.67 Å². The molecule has 0 aliphatic carbocycles. The highest BCUT2D eigenvalue weighted by Gasteiger charge is 2.33. The zero-order chi connectivity index (χ0) is 17.2. The molecule has 3 rings (SSSR count). The predicted molar refractivity (Wildman–Crippen MR) is 94.3 cm³/mol. The van der Waals surface area contributed by atoms with E-state index >= 15 is 0 Å². The molecule has 0 radical (unpaired) electrons. The van der Waals surface area contributed by atoms with E-state index in [1.54, 1.807) is 24.4 Å². The predicted octanol–water partition coefficient (Wildman–Crippen LogP) is 2.78. The van der Waals surface area contributed by atoms with Crippen LogP contribution in [-0.4, -0.2) is 33.3 Å². The van der Waals surface area contributed by atoms with E-state index in [1.807, 2.05) is 6.07 Å². The van der Waals surface area contributed by atoms with Crippen LogP contribution in [0.5, 0.6) is 0 Å². The summed E-state index contributed by atoms with van der Waals surface area (Å²) in [4.78, 5) is 14.0. The Bertz CT molecular complexity index is 770. The molecule has 0 saturated carbocycles. The van der Waals surface area contributed by atoms with Gasteiger partial charge in [0.1, 0.15) is 5.82 Å². The lowest BCUT2D eigenvalue weighted by Crippen LogP contribution is -2.47. The number of nitrogens with zero attached hydrogens (tertiary/aromatic N) is 2. The van der Waals surface area contributed by atoms with Gasteiger partial charge >= 0.3 is 0 Å². The van der Waals surface area contributed by atoms with Gasteiger partial charge in [0.05, 0.1) is 12.1 Å². The first kappa shape index (κ1) is 17.3. The van der Waals surface area contributed by atoms with E-state index in [0.29, 0.717) is 38.0 Å². The van der Waals surface area contributed by atoms with Crippen molar-refractivity contribution in [1.29, 1.82) is 0 Å². The zero-order valence-corrected chi connectivity index (χ0v) is 14.9. The van der Waals surface area contributed by atoms with Crippen LogP contribution in [0.25, 0.3) is 0 Å². The highest BCUT2D eigenvalue weighted by Crippen LogP contribution is 2.25. The topological polar surface area (TPSA) is 45.5 Å². The summed E-state index contributed by atoms with van der Waals surface area (Å²) in [6.45, 7) is 2.17. The number of benzene rings is 1. The van der Waals surface area contributed by atoms with Crippen LogP contribution in [0.3, 0.4) is 0 Å². The van der Waals surface area contributed by atoms with E-state index in [9.17, 15) is 14.3 Å². The number of likely N-dealkylation sites (tertiary alicyclic amines) is 1. The number of piperidine rings is 1. The molecule has 1 fully saturated rings. The molecule has 0 spiro atoms. The van der Waals surface area contributed by atoms with Gasteiger partial charge in [-0.1, -0.05) is 18.2 Å². The average molecular weight is 395 g/mol. The molecule has 0 amide bonds. The first-order valence-corrected chi connectivity index (χ1v) is 8.79. The zero-order valence-electron chi connectivity index (χ0n) is 13.3. The number of halogens is 2. The molecule has 24 heavy (non-hydrogen) atoms. The van der Waals surface area contributed by atoms with E-state index in [0.717, 1.165) is 4.47 Å². The maximum absolute atomic E-state index is 13.7. The molecular weight excluding hydrogens is 375 g/mol. The van der Waals surface area contributed by atoms with Crippen LogP contribution in [0.1, 0.15) is 18.4 Å². The Morgan fingerprint density at radius 3 is 2.58 bits per heavy atom. The Kier molecular flexibility index (Phi) is 5.18. The fourth-order valence-electron chi connectivity index (χ4n) is 3.10. The van der Waals surface area contributed by atoms with E-state index in [4.69, 9.17) is 0 Å². The lowest BCUT2D eigenvalue weighted by molar-refractivity contribution is -0.0365. The van der Waals surface area contributed by atoms with Crippen LogP contribution in [0.15, 0.2) is 51.9 Å².